The van der Waals surface area contributed by atoms with Gasteiger partial charge in [-0.15, -0.1) is 0 Å². The molecular weight excluding hydrogens is 506 g/mol. The van der Waals surface area contributed by atoms with Gasteiger partial charge in [0.15, 0.2) is 11.5 Å². The average Bonchev–Trinajstić information content (AvgIpc) is 2.89. The highest BCUT2D eigenvalue weighted by Gasteiger charge is 2.29. The van der Waals surface area contributed by atoms with Gasteiger partial charge in [-0.25, -0.2) is 8.42 Å². The lowest BCUT2D eigenvalue weighted by atomic mass is 10.1. The second-order valence-electron chi connectivity index (χ2n) is 9.84. The van der Waals surface area contributed by atoms with Gasteiger partial charge in [-0.2, -0.15) is 0 Å². The predicted molar refractivity (Wildman–Crippen MR) is 148 cm³/mol. The molecule has 1 aliphatic rings. The van der Waals surface area contributed by atoms with Crippen LogP contribution >= 0.6 is 0 Å². The van der Waals surface area contributed by atoms with Gasteiger partial charge in [0.05, 0.1) is 11.9 Å². The molecule has 0 radical (unpaired) electrons. The number of benzene rings is 2. The first-order chi connectivity index (χ1) is 18.1. The maximum Gasteiger partial charge on any atom is 0.242 e. The van der Waals surface area contributed by atoms with Crippen LogP contribution in [0.1, 0.15) is 45.6 Å². The number of fused-ring (bicyclic) bond motifs is 1. The first-order valence-electron chi connectivity index (χ1n) is 13.1. The Balaban J connectivity index is 1.74. The van der Waals surface area contributed by atoms with E-state index in [1.807, 2.05) is 51.1 Å². The molecule has 1 heterocycles. The van der Waals surface area contributed by atoms with Crippen molar-refractivity contribution >= 4 is 27.5 Å². The molecule has 9 nitrogen and oxygen atoms in total. The summed E-state index contributed by atoms with van der Waals surface area (Å²) in [7, 11) is -3.61. The highest BCUT2D eigenvalue weighted by Crippen LogP contribution is 2.34. The van der Waals surface area contributed by atoms with E-state index in [9.17, 15) is 18.0 Å². The summed E-state index contributed by atoms with van der Waals surface area (Å²) >= 11 is 0. The van der Waals surface area contributed by atoms with E-state index in [1.165, 1.54) is 4.31 Å². The third-order valence-corrected chi connectivity index (χ3v) is 7.43. The van der Waals surface area contributed by atoms with E-state index in [-0.39, 0.29) is 37.1 Å². The van der Waals surface area contributed by atoms with Gasteiger partial charge in [-0.1, -0.05) is 51.1 Å². The van der Waals surface area contributed by atoms with Crippen molar-refractivity contribution in [3.05, 3.63) is 54.1 Å². The minimum absolute atomic E-state index is 0.0946. The fourth-order valence-electron chi connectivity index (χ4n) is 4.31. The Morgan fingerprint density at radius 3 is 2.34 bits per heavy atom. The number of amides is 2. The molecule has 0 fully saturated rings. The number of hydrogen-bond acceptors (Lipinski definition) is 6. The van der Waals surface area contributed by atoms with Crippen molar-refractivity contribution < 1.29 is 27.5 Å². The van der Waals surface area contributed by atoms with Gasteiger partial charge in [0.25, 0.3) is 0 Å². The van der Waals surface area contributed by atoms with E-state index in [2.05, 4.69) is 5.32 Å². The van der Waals surface area contributed by atoms with Crippen LogP contribution in [0.15, 0.2) is 48.5 Å². The number of anilines is 1. The number of rotatable bonds is 13. The summed E-state index contributed by atoms with van der Waals surface area (Å²) in [4.78, 5) is 28.1. The number of nitrogens with one attached hydrogen (secondary N) is 1. The fourth-order valence-corrected chi connectivity index (χ4v) is 5.27. The standard InChI is InChI=1S/C28H39N3O6S/c1-5-24(28(33)29-19-21(2)3)30(20-22-10-7-6-8-11-22)27(32)12-9-15-31(38(4,34)35)23-13-14-25-26(18-23)37-17-16-36-25/h6-8,10-11,13-14,18,21,24H,5,9,12,15-17,19-20H2,1-4H3,(H,29,33)/t24-/m0/s1. The second kappa shape index (κ2) is 13.5. The average molecular weight is 546 g/mol. The van der Waals surface area contributed by atoms with Gasteiger partial charge in [-0.3, -0.25) is 13.9 Å². The SMILES string of the molecule is CC[C@@H](C(=O)NCC(C)C)N(Cc1ccccc1)C(=O)CCCN(c1ccc2c(c1)OCCO2)S(C)(=O)=O. The Kier molecular flexibility index (Phi) is 10.4. The highest BCUT2D eigenvalue weighted by atomic mass is 32.2. The van der Waals surface area contributed by atoms with Crippen LogP contribution in [0.5, 0.6) is 11.5 Å². The van der Waals surface area contributed by atoms with Gasteiger partial charge in [-0.05, 0) is 36.5 Å². The van der Waals surface area contributed by atoms with Gasteiger partial charge in [0.2, 0.25) is 21.8 Å². The molecule has 0 unspecified atom stereocenters. The molecule has 0 aliphatic carbocycles. The van der Waals surface area contributed by atoms with Crippen LogP contribution in [-0.4, -0.2) is 63.7 Å². The van der Waals surface area contributed by atoms with E-state index in [4.69, 9.17) is 9.47 Å². The molecule has 208 valence electrons. The van der Waals surface area contributed by atoms with Crippen LogP contribution in [0, 0.1) is 5.92 Å². The molecule has 0 bridgehead atoms. The number of carbonyl (C=O) groups is 2. The van der Waals surface area contributed by atoms with Crippen LogP contribution in [0.3, 0.4) is 0 Å². The Morgan fingerprint density at radius 1 is 1.03 bits per heavy atom. The van der Waals surface area contributed by atoms with Crippen molar-refractivity contribution in [2.45, 2.75) is 52.6 Å². The highest BCUT2D eigenvalue weighted by molar-refractivity contribution is 7.92. The van der Waals surface area contributed by atoms with Crippen molar-refractivity contribution in [1.82, 2.24) is 10.2 Å². The van der Waals surface area contributed by atoms with Crippen molar-refractivity contribution in [3.8, 4) is 11.5 Å². The number of sulfonamides is 1. The number of hydrogen-bond donors (Lipinski definition) is 1. The number of nitrogens with zero attached hydrogens (tertiary/aromatic N) is 2. The molecule has 0 saturated carbocycles. The maximum absolute atomic E-state index is 13.5. The van der Waals surface area contributed by atoms with Crippen molar-refractivity contribution in [2.24, 2.45) is 5.92 Å². The summed E-state index contributed by atoms with van der Waals surface area (Å²) < 4.78 is 37.7. The van der Waals surface area contributed by atoms with Gasteiger partial charge in [0, 0.05) is 32.1 Å². The summed E-state index contributed by atoms with van der Waals surface area (Å²) in [5.41, 5.74) is 1.37. The zero-order chi connectivity index (χ0) is 27.7. The smallest absolute Gasteiger partial charge is 0.242 e. The molecule has 2 amide bonds. The summed E-state index contributed by atoms with van der Waals surface area (Å²) in [5.74, 6) is 0.972. The van der Waals surface area contributed by atoms with Gasteiger partial charge in [0.1, 0.15) is 19.3 Å². The first-order valence-corrected chi connectivity index (χ1v) is 14.9. The minimum Gasteiger partial charge on any atom is -0.486 e. The summed E-state index contributed by atoms with van der Waals surface area (Å²) in [5, 5.41) is 2.95. The molecule has 1 N–H and O–H groups in total. The van der Waals surface area contributed by atoms with E-state index >= 15 is 0 Å². The van der Waals surface area contributed by atoms with Gasteiger partial charge < -0.3 is 19.7 Å². The molecule has 0 spiro atoms. The maximum atomic E-state index is 13.5. The zero-order valence-electron chi connectivity index (χ0n) is 22.7. The van der Waals surface area contributed by atoms with Crippen molar-refractivity contribution in [3.63, 3.8) is 0 Å². The number of carbonyl (C=O) groups excluding carboxylic acids is 2. The molecule has 1 aliphatic heterocycles. The molecule has 0 aromatic heterocycles. The molecule has 0 saturated heterocycles. The van der Waals surface area contributed by atoms with Crippen molar-refractivity contribution in [2.75, 3.05) is 36.9 Å². The molecule has 10 heteroatoms. The molecule has 2 aromatic rings. The fraction of sp³-hybridized carbons (Fsp3) is 0.500. The zero-order valence-corrected chi connectivity index (χ0v) is 23.5. The lowest BCUT2D eigenvalue weighted by Gasteiger charge is -2.31. The summed E-state index contributed by atoms with van der Waals surface area (Å²) in [6.45, 7) is 7.69. The normalized spacial score (nSPS) is 13.6. The molecule has 1 atom stereocenters. The van der Waals surface area contributed by atoms with Crippen LogP contribution in [0.4, 0.5) is 5.69 Å². The molecular formula is C28H39N3O6S. The Hall–Kier alpha value is -3.27. The van der Waals surface area contributed by atoms with E-state index < -0.39 is 16.1 Å². The topological polar surface area (TPSA) is 105 Å². The van der Waals surface area contributed by atoms with Crippen LogP contribution in [0.25, 0.3) is 0 Å². The minimum atomic E-state index is -3.61. The molecule has 2 aromatic carbocycles. The summed E-state index contributed by atoms with van der Waals surface area (Å²) in [6.07, 6.45) is 1.99. The second-order valence-corrected chi connectivity index (χ2v) is 11.7. The van der Waals surface area contributed by atoms with E-state index in [0.29, 0.717) is 49.9 Å². The van der Waals surface area contributed by atoms with Crippen molar-refractivity contribution in [1.29, 1.82) is 0 Å². The Bertz CT molecular complexity index is 1190. The number of ether oxygens (including phenoxy) is 2. The van der Waals surface area contributed by atoms with Crippen LogP contribution < -0.4 is 19.1 Å². The monoisotopic (exact) mass is 545 g/mol. The lowest BCUT2D eigenvalue weighted by molar-refractivity contribution is -0.141. The quantitative estimate of drug-likeness (QED) is 0.413. The van der Waals surface area contributed by atoms with Gasteiger partial charge >= 0.3 is 0 Å². The van der Waals surface area contributed by atoms with Crippen LogP contribution in [-0.2, 0) is 26.2 Å². The van der Waals surface area contributed by atoms with E-state index in [0.717, 1.165) is 11.8 Å². The third kappa shape index (κ3) is 8.11. The largest absolute Gasteiger partial charge is 0.486 e. The molecule has 3 rings (SSSR count). The lowest BCUT2D eigenvalue weighted by Crippen LogP contribution is -2.49. The first kappa shape index (κ1) is 29.3. The Morgan fingerprint density at radius 2 is 1.71 bits per heavy atom. The Labute approximate surface area is 226 Å². The third-order valence-electron chi connectivity index (χ3n) is 6.23. The van der Waals surface area contributed by atoms with Crippen LogP contribution in [0.2, 0.25) is 0 Å². The predicted octanol–water partition coefficient (Wildman–Crippen LogP) is 3.58. The van der Waals surface area contributed by atoms with E-state index in [1.54, 1.807) is 23.1 Å². The summed E-state index contributed by atoms with van der Waals surface area (Å²) in [6, 6.07) is 13.9. The molecule has 38 heavy (non-hydrogen) atoms.